The molecule has 1 N–H and O–H groups in total. The molecule has 0 saturated heterocycles. The second-order valence-corrected chi connectivity index (χ2v) is 10.3. The molecular formula is C29H32N4O4. The van der Waals surface area contributed by atoms with Crippen molar-refractivity contribution < 1.29 is 19.4 Å². The number of nitriles is 1. The third-order valence-electron chi connectivity index (χ3n) is 8.02. The molecule has 0 spiro atoms. The Bertz CT molecular complexity index is 1370. The van der Waals surface area contributed by atoms with E-state index in [2.05, 4.69) is 29.7 Å². The minimum absolute atomic E-state index is 0.0736. The summed E-state index contributed by atoms with van der Waals surface area (Å²) in [6, 6.07) is 14.7. The highest BCUT2D eigenvalue weighted by Gasteiger charge is 2.33. The molecule has 2 aromatic carbocycles. The molecule has 0 unspecified atom stereocenters. The molecule has 2 aliphatic rings. The molecule has 1 amide bonds. The van der Waals surface area contributed by atoms with Gasteiger partial charge in [0, 0.05) is 24.1 Å². The number of carboxylic acid groups (broad SMARTS) is 1. The van der Waals surface area contributed by atoms with Gasteiger partial charge >= 0.3 is 12.1 Å². The first-order valence-electron chi connectivity index (χ1n) is 13.0. The number of aliphatic carboxylic acids is 1. The maximum absolute atomic E-state index is 12.3. The topological polar surface area (TPSA) is 108 Å². The van der Waals surface area contributed by atoms with Crippen LogP contribution in [0.2, 0.25) is 0 Å². The molecule has 5 rings (SSSR count). The molecule has 1 saturated carbocycles. The number of nitrogens with zero attached hydrogens (tertiary/aromatic N) is 4. The van der Waals surface area contributed by atoms with Gasteiger partial charge in [-0.3, -0.25) is 4.79 Å². The van der Waals surface area contributed by atoms with Crippen molar-refractivity contribution in [2.75, 3.05) is 13.7 Å². The van der Waals surface area contributed by atoms with Gasteiger partial charge in [0.15, 0.2) is 0 Å². The van der Waals surface area contributed by atoms with E-state index >= 15 is 0 Å². The van der Waals surface area contributed by atoms with E-state index in [0.717, 1.165) is 47.2 Å². The zero-order chi connectivity index (χ0) is 26.1. The number of rotatable bonds is 5. The molecule has 1 aliphatic heterocycles. The van der Waals surface area contributed by atoms with Gasteiger partial charge in [-0.1, -0.05) is 30.3 Å². The maximum atomic E-state index is 12.3. The summed E-state index contributed by atoms with van der Waals surface area (Å²) in [4.78, 5) is 30.8. The minimum Gasteiger partial charge on any atom is -0.481 e. The monoisotopic (exact) mass is 500 g/mol. The second kappa shape index (κ2) is 10.3. The quantitative estimate of drug-likeness (QED) is 0.516. The lowest BCUT2D eigenvalue weighted by molar-refractivity contribution is -0.142. The average molecular weight is 501 g/mol. The smallest absolute Gasteiger partial charge is 0.409 e. The van der Waals surface area contributed by atoms with Crippen molar-refractivity contribution in [1.82, 2.24) is 14.5 Å². The number of fused-ring (bicyclic) bond motifs is 3. The highest BCUT2D eigenvalue weighted by molar-refractivity contribution is 5.85. The molecule has 1 aromatic heterocycles. The number of carboxylic acids is 1. The van der Waals surface area contributed by atoms with E-state index in [4.69, 9.17) is 9.72 Å². The van der Waals surface area contributed by atoms with Crippen LogP contribution < -0.4 is 0 Å². The Balaban J connectivity index is 1.64. The Morgan fingerprint density at radius 1 is 1.19 bits per heavy atom. The van der Waals surface area contributed by atoms with Crippen LogP contribution in [0, 0.1) is 17.2 Å². The van der Waals surface area contributed by atoms with Crippen molar-refractivity contribution >= 4 is 23.1 Å². The first kappa shape index (κ1) is 24.8. The Hall–Kier alpha value is -3.86. The van der Waals surface area contributed by atoms with E-state index in [1.54, 1.807) is 4.90 Å². The van der Waals surface area contributed by atoms with E-state index in [1.165, 1.54) is 12.7 Å². The average Bonchev–Trinajstić information content (AvgIpc) is 3.32. The number of ether oxygens (including phenoxy) is 1. The molecule has 3 aromatic rings. The molecule has 8 nitrogen and oxygen atoms in total. The number of methoxy groups -OCH3 is 1. The lowest BCUT2D eigenvalue weighted by Gasteiger charge is -2.29. The molecule has 192 valence electrons. The summed E-state index contributed by atoms with van der Waals surface area (Å²) >= 11 is 0. The van der Waals surface area contributed by atoms with Crippen molar-refractivity contribution in [2.24, 2.45) is 5.92 Å². The van der Waals surface area contributed by atoms with Crippen molar-refractivity contribution in [1.29, 1.82) is 5.26 Å². The summed E-state index contributed by atoms with van der Waals surface area (Å²) in [6.07, 6.45) is 3.79. The normalized spacial score (nSPS) is 20.2. The van der Waals surface area contributed by atoms with Gasteiger partial charge in [-0.15, -0.1) is 0 Å². The summed E-state index contributed by atoms with van der Waals surface area (Å²) in [7, 11) is 1.38. The molecule has 37 heavy (non-hydrogen) atoms. The summed E-state index contributed by atoms with van der Waals surface area (Å²) in [5, 5.41) is 19.5. The fourth-order valence-electron chi connectivity index (χ4n) is 6.11. The Kier molecular flexibility index (Phi) is 6.88. The van der Waals surface area contributed by atoms with Crippen molar-refractivity contribution in [3.05, 3.63) is 64.5 Å². The SMILES string of the molecule is COC(=O)N1CCc2c(C#N)cc3c(nc(C4CCC(C(=O)O)CC4)n3[C@H](C)Cc3ccccc3)c2C1. The van der Waals surface area contributed by atoms with E-state index in [-0.39, 0.29) is 24.0 Å². The lowest BCUT2D eigenvalue weighted by Crippen LogP contribution is -2.36. The number of aromatic nitrogens is 2. The summed E-state index contributed by atoms with van der Waals surface area (Å²) in [6.45, 7) is 3.02. The van der Waals surface area contributed by atoms with Crippen LogP contribution in [-0.2, 0) is 28.9 Å². The van der Waals surface area contributed by atoms with Crippen LogP contribution in [0.25, 0.3) is 11.0 Å². The van der Waals surface area contributed by atoms with Gasteiger partial charge < -0.3 is 19.3 Å². The predicted molar refractivity (Wildman–Crippen MR) is 138 cm³/mol. The van der Waals surface area contributed by atoms with Gasteiger partial charge in [-0.05, 0) is 62.6 Å². The maximum Gasteiger partial charge on any atom is 0.409 e. The number of hydrogen-bond acceptors (Lipinski definition) is 5. The number of hydrogen-bond donors (Lipinski definition) is 1. The van der Waals surface area contributed by atoms with Gasteiger partial charge in [0.05, 0.1) is 42.2 Å². The standard InChI is InChI=1S/C29H32N4O4/c1-18(14-19-6-4-3-5-7-19)33-25-15-22(16-30)23-12-13-32(29(36)37-2)17-24(23)26(25)31-27(33)20-8-10-21(11-9-20)28(34)35/h3-7,15,18,20-21H,8-14,17H2,1-2H3,(H,34,35)/t18-,20?,21?/m1/s1. The Morgan fingerprint density at radius 2 is 1.92 bits per heavy atom. The van der Waals surface area contributed by atoms with Gasteiger partial charge in [-0.25, -0.2) is 9.78 Å². The molecule has 1 atom stereocenters. The molecule has 1 aliphatic carbocycles. The van der Waals surface area contributed by atoms with E-state index in [9.17, 15) is 20.0 Å². The highest BCUT2D eigenvalue weighted by Crippen LogP contribution is 2.40. The molecule has 0 radical (unpaired) electrons. The van der Waals surface area contributed by atoms with Gasteiger partial charge in [0.25, 0.3) is 0 Å². The molecule has 8 heteroatoms. The van der Waals surface area contributed by atoms with Crippen LogP contribution in [-0.4, -0.2) is 45.3 Å². The zero-order valence-corrected chi connectivity index (χ0v) is 21.3. The predicted octanol–water partition coefficient (Wildman–Crippen LogP) is 5.19. The highest BCUT2D eigenvalue weighted by atomic mass is 16.5. The van der Waals surface area contributed by atoms with Crippen LogP contribution >= 0.6 is 0 Å². The van der Waals surface area contributed by atoms with Crippen LogP contribution in [0.15, 0.2) is 36.4 Å². The zero-order valence-electron chi connectivity index (χ0n) is 21.3. The first-order valence-corrected chi connectivity index (χ1v) is 13.0. The molecule has 0 bridgehead atoms. The van der Waals surface area contributed by atoms with Gasteiger partial charge in [0.1, 0.15) is 5.82 Å². The third kappa shape index (κ3) is 4.66. The largest absolute Gasteiger partial charge is 0.481 e. The Labute approximate surface area is 216 Å². The lowest BCUT2D eigenvalue weighted by atomic mass is 9.81. The summed E-state index contributed by atoms with van der Waals surface area (Å²) in [5.74, 6) is 0.0693. The van der Waals surface area contributed by atoms with E-state index in [0.29, 0.717) is 37.9 Å². The number of imidazole rings is 1. The second-order valence-electron chi connectivity index (χ2n) is 10.3. The summed E-state index contributed by atoms with van der Waals surface area (Å²) in [5.41, 5.74) is 5.45. The van der Waals surface area contributed by atoms with E-state index in [1.807, 2.05) is 24.3 Å². The van der Waals surface area contributed by atoms with Gasteiger partial charge in [0.2, 0.25) is 0 Å². The number of carbonyl (C=O) groups is 2. The fourth-order valence-corrected chi connectivity index (χ4v) is 6.11. The molecular weight excluding hydrogens is 468 g/mol. The van der Waals surface area contributed by atoms with Crippen LogP contribution in [0.4, 0.5) is 4.79 Å². The van der Waals surface area contributed by atoms with Crippen molar-refractivity contribution in [3.63, 3.8) is 0 Å². The third-order valence-corrected chi connectivity index (χ3v) is 8.02. The number of carbonyl (C=O) groups excluding carboxylic acids is 1. The number of benzene rings is 2. The van der Waals surface area contributed by atoms with Gasteiger partial charge in [-0.2, -0.15) is 5.26 Å². The van der Waals surface area contributed by atoms with E-state index < -0.39 is 5.97 Å². The van der Waals surface area contributed by atoms with Crippen LogP contribution in [0.3, 0.4) is 0 Å². The number of amides is 1. The van der Waals surface area contributed by atoms with Crippen molar-refractivity contribution in [2.45, 2.75) is 64.0 Å². The Morgan fingerprint density at radius 3 is 2.57 bits per heavy atom. The van der Waals surface area contributed by atoms with Crippen LogP contribution in [0.5, 0.6) is 0 Å². The minimum atomic E-state index is -0.722. The van der Waals surface area contributed by atoms with Crippen LogP contribution in [0.1, 0.15) is 72.6 Å². The first-order chi connectivity index (χ1) is 17.9. The fraction of sp³-hybridized carbons (Fsp3) is 0.448. The molecule has 2 heterocycles. The summed E-state index contributed by atoms with van der Waals surface area (Å²) < 4.78 is 7.25. The van der Waals surface area contributed by atoms with Crippen molar-refractivity contribution in [3.8, 4) is 6.07 Å². The molecule has 1 fully saturated rings.